The fourth-order valence-corrected chi connectivity index (χ4v) is 3.31. The Bertz CT molecular complexity index is 640. The van der Waals surface area contributed by atoms with Crippen LogP contribution >= 0.6 is 11.6 Å². The first kappa shape index (κ1) is 17.2. The van der Waals surface area contributed by atoms with E-state index >= 15 is 0 Å². The number of nitrogens with zero attached hydrogens (tertiary/aromatic N) is 2. The predicted octanol–water partition coefficient (Wildman–Crippen LogP) is 3.13. The molecule has 4 nitrogen and oxygen atoms in total. The lowest BCUT2D eigenvalue weighted by molar-refractivity contribution is -0.137. The molecule has 1 unspecified atom stereocenters. The van der Waals surface area contributed by atoms with Crippen LogP contribution < -0.4 is 4.90 Å². The summed E-state index contributed by atoms with van der Waals surface area (Å²) in [6, 6.07) is 4.68. The molecule has 130 valence electrons. The van der Waals surface area contributed by atoms with Crippen molar-refractivity contribution in [3.05, 3.63) is 29.0 Å². The molecule has 3 rings (SSSR count). The molecule has 1 aromatic rings. The quantitative estimate of drug-likeness (QED) is 0.817. The lowest BCUT2D eigenvalue weighted by Crippen LogP contribution is -2.50. The summed E-state index contributed by atoms with van der Waals surface area (Å²) in [5, 5.41) is 0.109. The summed E-state index contributed by atoms with van der Waals surface area (Å²) in [5.41, 5.74) is 0.866. The Balaban J connectivity index is 1.53. The highest BCUT2D eigenvalue weighted by Gasteiger charge is 2.33. The summed E-state index contributed by atoms with van der Waals surface area (Å²) in [4.78, 5) is 28.3. The standard InChI is InChI=1S/C18H22ClFN2O2/c1-12(10-17(23)13-2-3-13)18(24)22-8-6-21(7-9-22)14-4-5-16(20)15(19)11-14/h4-5,11-13H,2-3,6-10H2,1H3. The number of amides is 1. The molecular formula is C18H22ClFN2O2. The molecule has 1 saturated carbocycles. The second-order valence-electron chi connectivity index (χ2n) is 6.76. The minimum absolute atomic E-state index is 0.0563. The molecule has 1 aromatic carbocycles. The van der Waals surface area contributed by atoms with Gasteiger partial charge >= 0.3 is 0 Å². The van der Waals surface area contributed by atoms with E-state index in [-0.39, 0.29) is 28.5 Å². The summed E-state index contributed by atoms with van der Waals surface area (Å²) in [6.45, 7) is 4.41. The summed E-state index contributed by atoms with van der Waals surface area (Å²) in [7, 11) is 0. The molecule has 24 heavy (non-hydrogen) atoms. The maximum atomic E-state index is 13.3. The first-order valence-corrected chi connectivity index (χ1v) is 8.85. The lowest BCUT2D eigenvalue weighted by atomic mass is 10.0. The summed E-state index contributed by atoms with van der Waals surface area (Å²) in [5.74, 6) is -0.176. The average Bonchev–Trinajstić information content (AvgIpc) is 3.42. The van der Waals surface area contributed by atoms with Gasteiger partial charge in [-0.3, -0.25) is 9.59 Å². The van der Waals surface area contributed by atoms with Gasteiger partial charge in [-0.2, -0.15) is 0 Å². The largest absolute Gasteiger partial charge is 0.368 e. The third-order valence-corrected chi connectivity index (χ3v) is 5.11. The number of ketones is 1. The Morgan fingerprint density at radius 1 is 1.25 bits per heavy atom. The van der Waals surface area contributed by atoms with E-state index in [1.54, 1.807) is 12.1 Å². The number of rotatable bonds is 5. The van der Waals surface area contributed by atoms with Crippen molar-refractivity contribution in [3.63, 3.8) is 0 Å². The van der Waals surface area contributed by atoms with Crippen LogP contribution in [-0.4, -0.2) is 42.8 Å². The number of carbonyl (C=O) groups excluding carboxylic acids is 2. The molecule has 1 heterocycles. The zero-order valence-corrected chi connectivity index (χ0v) is 14.6. The number of halogens is 2. The van der Waals surface area contributed by atoms with E-state index in [1.165, 1.54) is 6.07 Å². The van der Waals surface area contributed by atoms with Gasteiger partial charge in [0.05, 0.1) is 5.02 Å². The van der Waals surface area contributed by atoms with Crippen molar-refractivity contribution in [1.82, 2.24) is 4.90 Å². The van der Waals surface area contributed by atoms with Gasteiger partial charge in [0, 0.05) is 50.1 Å². The van der Waals surface area contributed by atoms with Gasteiger partial charge in [0.2, 0.25) is 5.91 Å². The molecule has 0 spiro atoms. The van der Waals surface area contributed by atoms with Crippen molar-refractivity contribution in [2.75, 3.05) is 31.1 Å². The monoisotopic (exact) mass is 352 g/mol. The number of benzene rings is 1. The van der Waals surface area contributed by atoms with E-state index in [4.69, 9.17) is 11.6 Å². The van der Waals surface area contributed by atoms with Crippen molar-refractivity contribution >= 4 is 29.0 Å². The van der Waals surface area contributed by atoms with Gasteiger partial charge in [-0.05, 0) is 31.0 Å². The highest BCUT2D eigenvalue weighted by atomic mass is 35.5. The van der Waals surface area contributed by atoms with Crippen molar-refractivity contribution in [1.29, 1.82) is 0 Å². The van der Waals surface area contributed by atoms with E-state index in [0.717, 1.165) is 18.5 Å². The molecule has 0 bridgehead atoms. The third kappa shape index (κ3) is 3.89. The van der Waals surface area contributed by atoms with Crippen LogP contribution in [-0.2, 0) is 9.59 Å². The topological polar surface area (TPSA) is 40.6 Å². The lowest BCUT2D eigenvalue weighted by Gasteiger charge is -2.37. The van der Waals surface area contributed by atoms with E-state index in [9.17, 15) is 14.0 Å². The van der Waals surface area contributed by atoms with Gasteiger partial charge in [0.15, 0.2) is 0 Å². The molecule has 0 N–H and O–H groups in total. The number of piperazine rings is 1. The van der Waals surface area contributed by atoms with Gasteiger partial charge in [0.25, 0.3) is 0 Å². The van der Waals surface area contributed by atoms with Crippen LogP contribution in [0.3, 0.4) is 0 Å². The van der Waals surface area contributed by atoms with E-state index < -0.39 is 5.82 Å². The Morgan fingerprint density at radius 2 is 1.92 bits per heavy atom. The number of carbonyl (C=O) groups is 2. The van der Waals surface area contributed by atoms with E-state index in [2.05, 4.69) is 4.90 Å². The molecule has 2 fully saturated rings. The second kappa shape index (κ2) is 7.09. The zero-order chi connectivity index (χ0) is 17.3. The van der Waals surface area contributed by atoms with Crippen molar-refractivity contribution in [3.8, 4) is 0 Å². The average molecular weight is 353 g/mol. The number of hydrogen-bond acceptors (Lipinski definition) is 3. The maximum absolute atomic E-state index is 13.3. The van der Waals surface area contributed by atoms with Gasteiger partial charge in [-0.25, -0.2) is 4.39 Å². The Morgan fingerprint density at radius 3 is 2.50 bits per heavy atom. The maximum Gasteiger partial charge on any atom is 0.225 e. The molecule has 1 saturated heterocycles. The van der Waals surface area contributed by atoms with E-state index in [0.29, 0.717) is 32.6 Å². The van der Waals surface area contributed by atoms with Crippen molar-refractivity contribution < 1.29 is 14.0 Å². The zero-order valence-electron chi connectivity index (χ0n) is 13.8. The molecule has 0 aromatic heterocycles. The van der Waals surface area contributed by atoms with E-state index in [1.807, 2.05) is 11.8 Å². The third-order valence-electron chi connectivity index (χ3n) is 4.82. The van der Waals surface area contributed by atoms with Crippen LogP contribution in [0.4, 0.5) is 10.1 Å². The minimum atomic E-state index is -0.427. The first-order chi connectivity index (χ1) is 11.5. The molecule has 2 aliphatic rings. The van der Waals surface area contributed by atoms with Gasteiger partial charge in [-0.1, -0.05) is 18.5 Å². The van der Waals surface area contributed by atoms with Crippen LogP contribution in [0.5, 0.6) is 0 Å². The molecular weight excluding hydrogens is 331 g/mol. The SMILES string of the molecule is CC(CC(=O)C1CC1)C(=O)N1CCN(c2ccc(F)c(Cl)c2)CC1. The molecule has 1 aliphatic heterocycles. The van der Waals surface area contributed by atoms with Crippen molar-refractivity contribution in [2.24, 2.45) is 11.8 Å². The normalized spacial score (nSPS) is 19.3. The Kier molecular flexibility index (Phi) is 5.09. The molecule has 6 heteroatoms. The van der Waals surface area contributed by atoms with Gasteiger partial charge in [0.1, 0.15) is 11.6 Å². The Hall–Kier alpha value is -1.62. The number of anilines is 1. The molecule has 1 aliphatic carbocycles. The fraction of sp³-hybridized carbons (Fsp3) is 0.556. The second-order valence-corrected chi connectivity index (χ2v) is 7.16. The smallest absolute Gasteiger partial charge is 0.225 e. The predicted molar refractivity (Wildman–Crippen MR) is 91.7 cm³/mol. The molecule has 1 atom stereocenters. The van der Waals surface area contributed by atoms with Crippen LogP contribution in [0.15, 0.2) is 18.2 Å². The fourth-order valence-electron chi connectivity index (χ4n) is 3.14. The number of hydrogen-bond donors (Lipinski definition) is 0. The molecule has 1 amide bonds. The Labute approximate surface area is 146 Å². The molecule has 0 radical (unpaired) electrons. The first-order valence-electron chi connectivity index (χ1n) is 8.47. The van der Waals surface area contributed by atoms with Crippen LogP contribution in [0, 0.1) is 17.7 Å². The van der Waals surface area contributed by atoms with Crippen LogP contribution in [0.25, 0.3) is 0 Å². The highest BCUT2D eigenvalue weighted by Crippen LogP contribution is 2.32. The van der Waals surface area contributed by atoms with Crippen LogP contribution in [0.2, 0.25) is 5.02 Å². The summed E-state index contributed by atoms with van der Waals surface area (Å²) >= 11 is 5.83. The summed E-state index contributed by atoms with van der Waals surface area (Å²) < 4.78 is 13.3. The minimum Gasteiger partial charge on any atom is -0.368 e. The van der Waals surface area contributed by atoms with Gasteiger partial charge < -0.3 is 9.80 Å². The van der Waals surface area contributed by atoms with Crippen molar-refractivity contribution in [2.45, 2.75) is 26.2 Å². The summed E-state index contributed by atoms with van der Waals surface area (Å²) in [6.07, 6.45) is 2.33. The van der Waals surface area contributed by atoms with Crippen LogP contribution in [0.1, 0.15) is 26.2 Å². The number of Topliss-reactive ketones (excluding diaryl/α,β-unsaturated/α-hetero) is 1. The van der Waals surface area contributed by atoms with Gasteiger partial charge in [-0.15, -0.1) is 0 Å². The highest BCUT2D eigenvalue weighted by molar-refractivity contribution is 6.31.